The molecule has 4 nitrogen and oxygen atoms in total. The quantitative estimate of drug-likeness (QED) is 0.137. The third-order valence-electron chi connectivity index (χ3n) is 8.07. The lowest BCUT2D eigenvalue weighted by atomic mass is 9.54. The van der Waals surface area contributed by atoms with Crippen molar-refractivity contribution in [2.75, 3.05) is 4.90 Å². The number of benzene rings is 4. The number of alkyl halides is 2. The molecule has 7 heteroatoms. The van der Waals surface area contributed by atoms with Gasteiger partial charge in [0.25, 0.3) is 0 Å². The summed E-state index contributed by atoms with van der Waals surface area (Å²) in [6.45, 7) is 0. The van der Waals surface area contributed by atoms with Gasteiger partial charge in [0.15, 0.2) is 5.78 Å². The molecule has 0 radical (unpaired) electrons. The summed E-state index contributed by atoms with van der Waals surface area (Å²) in [5.74, 6) is -2.47. The van der Waals surface area contributed by atoms with Crippen molar-refractivity contribution in [1.82, 2.24) is 0 Å². The van der Waals surface area contributed by atoms with E-state index in [1.165, 1.54) is 11.0 Å². The molecular formula is C31H18Br2ClNO3. The summed E-state index contributed by atoms with van der Waals surface area (Å²) in [5.41, 5.74) is 4.72. The fraction of sp³-hybridized carbons (Fsp3) is 0.129. The molecule has 1 fully saturated rings. The van der Waals surface area contributed by atoms with Gasteiger partial charge in [0, 0.05) is 16.1 Å². The minimum absolute atomic E-state index is 0.207. The number of carbonyl (C=O) groups excluding carboxylic acids is 3. The highest BCUT2D eigenvalue weighted by atomic mass is 79.9. The third-order valence-corrected chi connectivity index (χ3v) is 11.0. The molecule has 8 rings (SSSR count). The molecule has 2 atom stereocenters. The first-order valence-electron chi connectivity index (χ1n) is 12.1. The summed E-state index contributed by atoms with van der Waals surface area (Å²) in [4.78, 5) is 43.6. The Balaban J connectivity index is 1.45. The van der Waals surface area contributed by atoms with Crippen molar-refractivity contribution < 1.29 is 14.4 Å². The fourth-order valence-electron chi connectivity index (χ4n) is 6.53. The minimum Gasteiger partial charge on any atom is -0.289 e. The van der Waals surface area contributed by atoms with Crippen LogP contribution < -0.4 is 4.90 Å². The first-order valence-corrected chi connectivity index (χ1v) is 14.1. The smallest absolute Gasteiger partial charge is 0.239 e. The average molecular weight is 648 g/mol. The van der Waals surface area contributed by atoms with Gasteiger partial charge in [0.2, 0.25) is 11.8 Å². The van der Waals surface area contributed by atoms with E-state index in [1.54, 1.807) is 36.4 Å². The molecule has 1 aliphatic heterocycles. The molecule has 0 spiro atoms. The molecule has 3 aliphatic carbocycles. The van der Waals surface area contributed by atoms with Crippen LogP contribution in [0.2, 0.25) is 5.02 Å². The third kappa shape index (κ3) is 2.88. The Morgan fingerprint density at radius 3 is 1.61 bits per heavy atom. The van der Waals surface area contributed by atoms with E-state index >= 15 is 0 Å². The Labute approximate surface area is 240 Å². The van der Waals surface area contributed by atoms with Crippen molar-refractivity contribution in [2.24, 2.45) is 11.8 Å². The molecule has 2 amide bonds. The lowest BCUT2D eigenvalue weighted by Crippen LogP contribution is -2.56. The number of rotatable bonds is 3. The van der Waals surface area contributed by atoms with Crippen LogP contribution in [0.4, 0.5) is 5.69 Å². The van der Waals surface area contributed by atoms with Gasteiger partial charge in [0.1, 0.15) is 0 Å². The van der Waals surface area contributed by atoms with Gasteiger partial charge in [-0.2, -0.15) is 0 Å². The zero-order valence-corrected chi connectivity index (χ0v) is 23.6. The molecule has 4 aliphatic rings. The van der Waals surface area contributed by atoms with Crippen LogP contribution in [-0.4, -0.2) is 17.6 Å². The number of ketones is 1. The van der Waals surface area contributed by atoms with Gasteiger partial charge < -0.3 is 0 Å². The van der Waals surface area contributed by atoms with Crippen LogP contribution in [-0.2, 0) is 18.2 Å². The van der Waals surface area contributed by atoms with E-state index in [4.69, 9.17) is 11.6 Å². The van der Waals surface area contributed by atoms with Gasteiger partial charge >= 0.3 is 0 Å². The maximum atomic E-state index is 14.4. The molecule has 4 aromatic rings. The molecule has 0 N–H and O–H groups in total. The van der Waals surface area contributed by atoms with Crippen LogP contribution >= 0.6 is 43.5 Å². The van der Waals surface area contributed by atoms with Gasteiger partial charge in [-0.25, -0.2) is 4.90 Å². The summed E-state index contributed by atoms with van der Waals surface area (Å²) >= 11 is 14.3. The number of nitrogens with zero attached hydrogens (tertiary/aromatic N) is 1. The highest BCUT2D eigenvalue weighted by molar-refractivity contribution is 9.10. The zero-order valence-electron chi connectivity index (χ0n) is 19.7. The Bertz CT molecular complexity index is 1580. The van der Waals surface area contributed by atoms with E-state index in [0.717, 1.165) is 22.3 Å². The summed E-state index contributed by atoms with van der Waals surface area (Å²) in [6.07, 6.45) is 0. The van der Waals surface area contributed by atoms with Gasteiger partial charge in [-0.15, -0.1) is 0 Å². The number of hydrogen-bond donors (Lipinski definition) is 0. The van der Waals surface area contributed by atoms with Crippen molar-refractivity contribution >= 4 is 66.7 Å². The number of carbonyl (C=O) groups is 3. The Kier molecular flexibility index (Phi) is 5.19. The second kappa shape index (κ2) is 8.22. The first-order chi connectivity index (χ1) is 18.3. The number of hydrogen-bond acceptors (Lipinski definition) is 3. The monoisotopic (exact) mass is 645 g/mol. The van der Waals surface area contributed by atoms with E-state index in [9.17, 15) is 14.4 Å². The Morgan fingerprint density at radius 2 is 1.13 bits per heavy atom. The highest BCUT2D eigenvalue weighted by Crippen LogP contribution is 2.70. The molecular weight excluding hydrogens is 630 g/mol. The number of halogens is 3. The van der Waals surface area contributed by atoms with Gasteiger partial charge in [-0.1, -0.05) is 122 Å². The molecule has 0 aromatic heterocycles. The zero-order chi connectivity index (χ0) is 26.4. The molecule has 0 unspecified atom stereocenters. The number of imide groups is 1. The molecule has 4 aromatic carbocycles. The largest absolute Gasteiger partial charge is 0.289 e. The van der Waals surface area contributed by atoms with Crippen LogP contribution in [0.5, 0.6) is 0 Å². The lowest BCUT2D eigenvalue weighted by Gasteiger charge is -2.55. The maximum Gasteiger partial charge on any atom is 0.239 e. The van der Waals surface area contributed by atoms with Gasteiger partial charge in [-0.05, 0) is 40.5 Å². The maximum absolute atomic E-state index is 14.4. The van der Waals surface area contributed by atoms with Crippen molar-refractivity contribution in [1.29, 1.82) is 0 Å². The van der Waals surface area contributed by atoms with Gasteiger partial charge in [-0.3, -0.25) is 14.4 Å². The summed E-state index contributed by atoms with van der Waals surface area (Å²) in [7, 11) is 0. The van der Waals surface area contributed by atoms with Crippen LogP contribution in [0, 0.1) is 11.8 Å². The highest BCUT2D eigenvalue weighted by Gasteiger charge is 2.72. The lowest BCUT2D eigenvalue weighted by molar-refractivity contribution is -0.122. The van der Waals surface area contributed by atoms with Crippen molar-refractivity contribution in [3.63, 3.8) is 0 Å². The van der Waals surface area contributed by atoms with E-state index in [0.29, 0.717) is 10.6 Å². The second-order valence-corrected chi connectivity index (χ2v) is 12.8. The normalized spacial score (nSPS) is 26.7. The van der Waals surface area contributed by atoms with Crippen molar-refractivity contribution in [3.05, 3.63) is 135 Å². The predicted molar refractivity (Wildman–Crippen MR) is 153 cm³/mol. The molecule has 1 heterocycles. The van der Waals surface area contributed by atoms with Crippen molar-refractivity contribution in [2.45, 2.75) is 8.65 Å². The molecule has 0 saturated carbocycles. The van der Waals surface area contributed by atoms with E-state index < -0.39 is 20.5 Å². The Morgan fingerprint density at radius 1 is 0.684 bits per heavy atom. The average Bonchev–Trinajstić information content (AvgIpc) is 3.22. The topological polar surface area (TPSA) is 54.5 Å². The van der Waals surface area contributed by atoms with Crippen LogP contribution in [0.25, 0.3) is 0 Å². The second-order valence-electron chi connectivity index (χ2n) is 9.84. The number of anilines is 1. The molecule has 38 heavy (non-hydrogen) atoms. The van der Waals surface area contributed by atoms with Crippen LogP contribution in [0.15, 0.2) is 97.1 Å². The van der Waals surface area contributed by atoms with Crippen molar-refractivity contribution in [3.8, 4) is 0 Å². The fourth-order valence-corrected chi connectivity index (χ4v) is 9.01. The summed E-state index contributed by atoms with van der Waals surface area (Å²) in [5, 5.41) is 0.346. The van der Waals surface area contributed by atoms with E-state index in [1.807, 2.05) is 54.6 Å². The van der Waals surface area contributed by atoms with E-state index in [2.05, 4.69) is 31.9 Å². The van der Waals surface area contributed by atoms with Crippen LogP contribution in [0.1, 0.15) is 38.2 Å². The Hall–Kier alpha value is -3.06. The SMILES string of the molecule is O=C(c1ccccc1)c1cc(Cl)ccc1N1C(=O)[C@@H]2[C@@H](C1=O)C1(Br)c3ccccc3C2(Br)c2ccccc21. The summed E-state index contributed by atoms with van der Waals surface area (Å²) < 4.78 is -1.81. The van der Waals surface area contributed by atoms with E-state index in [-0.39, 0.29) is 28.8 Å². The van der Waals surface area contributed by atoms with Crippen LogP contribution in [0.3, 0.4) is 0 Å². The minimum atomic E-state index is -0.905. The molecule has 1 saturated heterocycles. The predicted octanol–water partition coefficient (Wildman–Crippen LogP) is 6.98. The molecule has 186 valence electrons. The molecule has 2 bridgehead atoms. The van der Waals surface area contributed by atoms with Gasteiger partial charge in [0.05, 0.1) is 26.2 Å². The first kappa shape index (κ1) is 24.0. The standard InChI is InChI=1S/C31H18Br2ClNO3/c32-30-20-10-4-5-11-21(20)31(33,23-13-7-6-12-22(23)30)26-25(30)28(37)35(29(26)38)24-15-14-18(34)16-19(24)27(36)17-8-2-1-3-9-17/h1-16,25-26H/t25-,26-,30?,31?/m0/s1. The number of amides is 2. The summed E-state index contributed by atoms with van der Waals surface area (Å²) in [6, 6.07) is 29.3.